The first-order valence-corrected chi connectivity index (χ1v) is 7.70. The van der Waals surface area contributed by atoms with Crippen LogP contribution in [0.5, 0.6) is 0 Å². The molecule has 2 aromatic rings. The maximum absolute atomic E-state index is 11.5. The third kappa shape index (κ3) is 3.17. The van der Waals surface area contributed by atoms with Crippen molar-refractivity contribution in [2.75, 3.05) is 6.54 Å². The Balaban J connectivity index is 1.83. The van der Waals surface area contributed by atoms with Crippen LogP contribution in [0.1, 0.15) is 22.6 Å². The lowest BCUT2D eigenvalue weighted by Crippen LogP contribution is -2.36. The van der Waals surface area contributed by atoms with E-state index in [4.69, 9.17) is 0 Å². The molecule has 0 spiro atoms. The first-order valence-electron chi connectivity index (χ1n) is 6.91. The summed E-state index contributed by atoms with van der Waals surface area (Å²) in [6, 6.07) is 16.0. The maximum atomic E-state index is 11.5. The fourth-order valence-corrected chi connectivity index (χ4v) is 3.12. The van der Waals surface area contributed by atoms with Crippen LogP contribution in [0, 0.1) is 0 Å². The number of carboxylic acids is 1. The highest BCUT2D eigenvalue weighted by molar-refractivity contribution is 9.10. The third-order valence-corrected chi connectivity index (χ3v) is 4.41. The van der Waals surface area contributed by atoms with Gasteiger partial charge in [0.25, 0.3) is 0 Å². The highest BCUT2D eigenvalue weighted by Crippen LogP contribution is 2.29. The Bertz CT molecular complexity index is 654. The van der Waals surface area contributed by atoms with Gasteiger partial charge in [0.15, 0.2) is 0 Å². The highest BCUT2D eigenvalue weighted by Gasteiger charge is 2.29. The molecule has 21 heavy (non-hydrogen) atoms. The lowest BCUT2D eigenvalue weighted by molar-refractivity contribution is -0.139. The fraction of sp³-hybridized carbons (Fsp3) is 0.235. The largest absolute Gasteiger partial charge is 0.481 e. The first kappa shape index (κ1) is 14.3. The van der Waals surface area contributed by atoms with Crippen LogP contribution in [0.15, 0.2) is 53.0 Å². The van der Waals surface area contributed by atoms with Crippen molar-refractivity contribution in [2.45, 2.75) is 19.0 Å². The van der Waals surface area contributed by atoms with Gasteiger partial charge in [0.1, 0.15) is 0 Å². The second-order valence-corrected chi connectivity index (χ2v) is 6.30. The summed E-state index contributed by atoms with van der Waals surface area (Å²) in [6.45, 7) is 2.13. The van der Waals surface area contributed by atoms with Gasteiger partial charge in [-0.2, -0.15) is 0 Å². The van der Waals surface area contributed by atoms with E-state index in [-0.39, 0.29) is 0 Å². The number of nitrogens with zero attached hydrogens (tertiary/aromatic N) is 1. The Kier molecular flexibility index (Phi) is 4.08. The molecule has 1 aliphatic heterocycles. The molecule has 0 aromatic heterocycles. The zero-order valence-corrected chi connectivity index (χ0v) is 13.1. The van der Waals surface area contributed by atoms with E-state index in [0.29, 0.717) is 6.54 Å². The Hall–Kier alpha value is -1.65. The molecule has 3 rings (SSSR count). The van der Waals surface area contributed by atoms with Crippen molar-refractivity contribution in [1.29, 1.82) is 0 Å². The Morgan fingerprint density at radius 1 is 1.19 bits per heavy atom. The molecule has 0 radical (unpaired) electrons. The van der Waals surface area contributed by atoms with E-state index in [2.05, 4.69) is 33.0 Å². The molecule has 1 N–H and O–H groups in total. The van der Waals surface area contributed by atoms with Crippen LogP contribution in [0.4, 0.5) is 0 Å². The van der Waals surface area contributed by atoms with Crippen molar-refractivity contribution in [3.8, 4) is 0 Å². The normalized spacial score (nSPS) is 18.2. The number of hydrogen-bond acceptors (Lipinski definition) is 2. The van der Waals surface area contributed by atoms with Gasteiger partial charge in [-0.25, -0.2) is 0 Å². The average Bonchev–Trinajstić information content (AvgIpc) is 2.48. The number of rotatable bonds is 3. The fourth-order valence-electron chi connectivity index (χ4n) is 2.86. The van der Waals surface area contributed by atoms with Crippen molar-refractivity contribution >= 4 is 21.9 Å². The molecule has 0 saturated heterocycles. The molecule has 1 atom stereocenters. The van der Waals surface area contributed by atoms with Gasteiger partial charge < -0.3 is 5.11 Å². The van der Waals surface area contributed by atoms with Crippen LogP contribution in [-0.2, 0) is 17.9 Å². The van der Waals surface area contributed by atoms with Crippen LogP contribution in [0.25, 0.3) is 0 Å². The van der Waals surface area contributed by atoms with Gasteiger partial charge in [0.2, 0.25) is 0 Å². The van der Waals surface area contributed by atoms with Crippen LogP contribution in [0.2, 0.25) is 0 Å². The molecule has 0 aliphatic carbocycles. The van der Waals surface area contributed by atoms with E-state index in [1.54, 1.807) is 0 Å². The molecule has 1 heterocycles. The number of carboxylic acid groups (broad SMARTS) is 1. The summed E-state index contributed by atoms with van der Waals surface area (Å²) >= 11 is 3.43. The zero-order valence-electron chi connectivity index (χ0n) is 11.5. The summed E-state index contributed by atoms with van der Waals surface area (Å²) in [4.78, 5) is 13.7. The second kappa shape index (κ2) is 6.00. The van der Waals surface area contributed by atoms with E-state index in [0.717, 1.165) is 28.7 Å². The van der Waals surface area contributed by atoms with Gasteiger partial charge in [-0.15, -0.1) is 0 Å². The summed E-state index contributed by atoms with van der Waals surface area (Å²) in [5.41, 5.74) is 3.27. The zero-order chi connectivity index (χ0) is 14.8. The van der Waals surface area contributed by atoms with Crippen LogP contribution in [0.3, 0.4) is 0 Å². The van der Waals surface area contributed by atoms with Crippen LogP contribution >= 0.6 is 15.9 Å². The van der Waals surface area contributed by atoms with Gasteiger partial charge >= 0.3 is 5.97 Å². The summed E-state index contributed by atoms with van der Waals surface area (Å²) in [6.07, 6.45) is 0. The summed E-state index contributed by atoms with van der Waals surface area (Å²) < 4.78 is 1.05. The smallest absolute Gasteiger partial charge is 0.312 e. The standard InChI is InChI=1S/C17H16BrNO2/c18-14-7-5-12(6-8-14)9-19-10-13-3-1-2-4-15(13)16(11-19)17(20)21/h1-8,16H,9-11H2,(H,20,21). The number of fused-ring (bicyclic) bond motifs is 1. The molecule has 1 unspecified atom stereocenters. The monoisotopic (exact) mass is 345 g/mol. The second-order valence-electron chi connectivity index (χ2n) is 5.39. The molecule has 0 fully saturated rings. The minimum atomic E-state index is -0.747. The van der Waals surface area contributed by atoms with Crippen LogP contribution in [-0.4, -0.2) is 22.5 Å². The van der Waals surface area contributed by atoms with Crippen molar-refractivity contribution in [3.05, 3.63) is 69.7 Å². The van der Waals surface area contributed by atoms with Gasteiger partial charge in [0, 0.05) is 24.1 Å². The van der Waals surface area contributed by atoms with Crippen molar-refractivity contribution in [3.63, 3.8) is 0 Å². The van der Waals surface area contributed by atoms with Crippen molar-refractivity contribution in [2.24, 2.45) is 0 Å². The third-order valence-electron chi connectivity index (χ3n) is 3.88. The quantitative estimate of drug-likeness (QED) is 0.923. The van der Waals surface area contributed by atoms with Crippen LogP contribution < -0.4 is 0 Å². The van der Waals surface area contributed by atoms with Crippen molar-refractivity contribution < 1.29 is 9.90 Å². The van der Waals surface area contributed by atoms with E-state index >= 15 is 0 Å². The summed E-state index contributed by atoms with van der Waals surface area (Å²) in [5.74, 6) is -1.19. The highest BCUT2D eigenvalue weighted by atomic mass is 79.9. The molecule has 2 aromatic carbocycles. The number of benzene rings is 2. The van der Waals surface area contributed by atoms with Gasteiger partial charge in [-0.05, 0) is 28.8 Å². The Labute approximate surface area is 132 Å². The summed E-state index contributed by atoms with van der Waals surface area (Å²) in [7, 11) is 0. The minimum absolute atomic E-state index is 0.439. The summed E-state index contributed by atoms with van der Waals surface area (Å²) in [5, 5.41) is 9.47. The Morgan fingerprint density at radius 3 is 2.62 bits per heavy atom. The first-order chi connectivity index (χ1) is 10.1. The predicted octanol–water partition coefficient (Wildman–Crippen LogP) is 3.63. The predicted molar refractivity (Wildman–Crippen MR) is 85.1 cm³/mol. The molecule has 0 bridgehead atoms. The lowest BCUT2D eigenvalue weighted by atomic mass is 9.89. The molecule has 0 amide bonds. The molecule has 108 valence electrons. The lowest BCUT2D eigenvalue weighted by Gasteiger charge is -2.32. The van der Waals surface area contributed by atoms with E-state index in [9.17, 15) is 9.90 Å². The topological polar surface area (TPSA) is 40.5 Å². The molecular formula is C17H16BrNO2. The van der Waals surface area contributed by atoms with Crippen molar-refractivity contribution in [1.82, 2.24) is 4.90 Å². The van der Waals surface area contributed by atoms with Gasteiger partial charge in [-0.3, -0.25) is 9.69 Å². The molecule has 3 nitrogen and oxygen atoms in total. The van der Waals surface area contributed by atoms with Gasteiger partial charge in [0.05, 0.1) is 5.92 Å². The SMILES string of the molecule is O=C(O)C1CN(Cc2ccc(Br)cc2)Cc2ccccc21. The van der Waals surface area contributed by atoms with E-state index < -0.39 is 11.9 Å². The molecule has 4 heteroatoms. The molecular weight excluding hydrogens is 330 g/mol. The van der Waals surface area contributed by atoms with E-state index in [1.165, 1.54) is 5.56 Å². The van der Waals surface area contributed by atoms with E-state index in [1.807, 2.05) is 36.4 Å². The Morgan fingerprint density at radius 2 is 1.90 bits per heavy atom. The number of carbonyl (C=O) groups is 1. The molecule has 0 saturated carbocycles. The number of halogens is 1. The minimum Gasteiger partial charge on any atom is -0.481 e. The number of hydrogen-bond donors (Lipinski definition) is 1. The average molecular weight is 346 g/mol. The molecule has 1 aliphatic rings. The number of aliphatic carboxylic acids is 1. The van der Waals surface area contributed by atoms with Gasteiger partial charge in [-0.1, -0.05) is 52.3 Å². The maximum Gasteiger partial charge on any atom is 0.312 e.